The van der Waals surface area contributed by atoms with E-state index in [9.17, 15) is 9.59 Å². The lowest BCUT2D eigenvalue weighted by atomic mass is 10.1. The Morgan fingerprint density at radius 3 is 2.64 bits per heavy atom. The number of oxazole rings is 1. The standard InChI is InChI=1S/C26H25NO6/c1-4-30-25(29)14-13-24(33-19(3)28)21-11-8-12-22(17-21)31-16-15-23-18(2)32-26(27-23)20-9-6-5-7-10-20/h5-12,17,24H,4,15-16H2,1-3H3. The van der Waals surface area contributed by atoms with Gasteiger partial charge in [0, 0.05) is 30.4 Å². The van der Waals surface area contributed by atoms with Crippen LogP contribution < -0.4 is 4.74 Å². The minimum absolute atomic E-state index is 0.215. The highest BCUT2D eigenvalue weighted by atomic mass is 16.5. The maximum atomic E-state index is 11.6. The maximum absolute atomic E-state index is 11.6. The molecule has 0 radical (unpaired) electrons. The number of carbonyl (C=O) groups excluding carboxylic acids is 2. The molecule has 7 nitrogen and oxygen atoms in total. The van der Waals surface area contributed by atoms with Gasteiger partial charge in [-0.25, -0.2) is 9.78 Å². The number of hydrogen-bond acceptors (Lipinski definition) is 7. The van der Waals surface area contributed by atoms with Crippen molar-refractivity contribution in [2.75, 3.05) is 13.2 Å². The van der Waals surface area contributed by atoms with Crippen LogP contribution in [0.3, 0.4) is 0 Å². The van der Waals surface area contributed by atoms with Crippen LogP contribution in [-0.2, 0) is 25.5 Å². The van der Waals surface area contributed by atoms with Crippen LogP contribution in [0.1, 0.15) is 37.0 Å². The number of esters is 2. The lowest BCUT2D eigenvalue weighted by molar-refractivity contribution is -0.144. The highest BCUT2D eigenvalue weighted by Gasteiger charge is 2.14. The minimum atomic E-state index is -0.915. The van der Waals surface area contributed by atoms with Gasteiger partial charge in [-0.2, -0.15) is 0 Å². The molecule has 1 heterocycles. The van der Waals surface area contributed by atoms with E-state index < -0.39 is 18.0 Å². The van der Waals surface area contributed by atoms with E-state index in [2.05, 4.69) is 16.8 Å². The van der Waals surface area contributed by atoms with E-state index in [1.54, 1.807) is 31.2 Å². The average Bonchev–Trinajstić information content (AvgIpc) is 3.18. The van der Waals surface area contributed by atoms with Gasteiger partial charge in [0.15, 0.2) is 6.10 Å². The van der Waals surface area contributed by atoms with Crippen LogP contribution in [0, 0.1) is 18.8 Å². The lowest BCUT2D eigenvalue weighted by Gasteiger charge is -2.13. The molecule has 0 saturated carbocycles. The Morgan fingerprint density at radius 2 is 1.91 bits per heavy atom. The van der Waals surface area contributed by atoms with Crippen LogP contribution in [0.25, 0.3) is 11.5 Å². The van der Waals surface area contributed by atoms with Gasteiger partial charge in [0.1, 0.15) is 11.5 Å². The Balaban J connectivity index is 1.66. The predicted molar refractivity (Wildman–Crippen MR) is 121 cm³/mol. The van der Waals surface area contributed by atoms with E-state index >= 15 is 0 Å². The molecule has 0 aliphatic heterocycles. The fourth-order valence-corrected chi connectivity index (χ4v) is 3.04. The fraction of sp³-hybridized carbons (Fsp3) is 0.269. The molecule has 3 rings (SSSR count). The minimum Gasteiger partial charge on any atom is -0.493 e. The number of carbonyl (C=O) groups is 2. The molecule has 0 aliphatic rings. The van der Waals surface area contributed by atoms with E-state index in [0.29, 0.717) is 30.2 Å². The van der Waals surface area contributed by atoms with Gasteiger partial charge in [-0.05, 0) is 44.0 Å². The summed E-state index contributed by atoms with van der Waals surface area (Å²) in [6.45, 7) is 5.43. The maximum Gasteiger partial charge on any atom is 0.384 e. The molecule has 0 spiro atoms. The van der Waals surface area contributed by atoms with Crippen molar-refractivity contribution in [3.8, 4) is 29.0 Å². The summed E-state index contributed by atoms with van der Waals surface area (Å²) in [4.78, 5) is 27.6. The number of ether oxygens (including phenoxy) is 3. The summed E-state index contributed by atoms with van der Waals surface area (Å²) in [6, 6.07) is 16.7. The van der Waals surface area contributed by atoms with Gasteiger partial charge in [0.25, 0.3) is 0 Å². The Morgan fingerprint density at radius 1 is 1.12 bits per heavy atom. The second-order valence-corrected chi connectivity index (χ2v) is 7.04. The van der Waals surface area contributed by atoms with Crippen molar-refractivity contribution in [2.24, 2.45) is 0 Å². The third-order valence-corrected chi connectivity index (χ3v) is 4.55. The zero-order chi connectivity index (χ0) is 23.6. The van der Waals surface area contributed by atoms with Crippen LogP contribution >= 0.6 is 0 Å². The van der Waals surface area contributed by atoms with Crippen LogP contribution in [0.5, 0.6) is 5.75 Å². The highest BCUT2D eigenvalue weighted by Crippen LogP contribution is 2.24. The average molecular weight is 447 g/mol. The first-order valence-electron chi connectivity index (χ1n) is 10.6. The Labute approximate surface area is 192 Å². The molecule has 0 saturated heterocycles. The SMILES string of the molecule is CCOC(=O)C#CC(OC(C)=O)c1cccc(OCCc2nc(-c3ccccc3)oc2C)c1. The molecular formula is C26H25NO6. The van der Waals surface area contributed by atoms with Gasteiger partial charge in [0.2, 0.25) is 5.89 Å². The molecule has 33 heavy (non-hydrogen) atoms. The van der Waals surface area contributed by atoms with Crippen molar-refractivity contribution in [3.05, 3.63) is 71.6 Å². The normalized spacial score (nSPS) is 11.1. The first-order chi connectivity index (χ1) is 16.0. The molecule has 2 aromatic carbocycles. The molecule has 7 heteroatoms. The summed E-state index contributed by atoms with van der Waals surface area (Å²) in [5.74, 6) is 5.69. The van der Waals surface area contributed by atoms with E-state index in [1.165, 1.54) is 6.92 Å². The third-order valence-electron chi connectivity index (χ3n) is 4.55. The summed E-state index contributed by atoms with van der Waals surface area (Å²) in [6.07, 6.45) is -0.357. The lowest BCUT2D eigenvalue weighted by Crippen LogP contribution is -2.09. The zero-order valence-corrected chi connectivity index (χ0v) is 18.8. The van der Waals surface area contributed by atoms with Gasteiger partial charge < -0.3 is 18.6 Å². The number of aromatic nitrogens is 1. The molecule has 0 amide bonds. The summed E-state index contributed by atoms with van der Waals surface area (Å²) >= 11 is 0. The summed E-state index contributed by atoms with van der Waals surface area (Å²) in [5, 5.41) is 0. The van der Waals surface area contributed by atoms with Crippen LogP contribution in [-0.4, -0.2) is 30.1 Å². The topological polar surface area (TPSA) is 87.9 Å². The summed E-state index contributed by atoms with van der Waals surface area (Å²) in [5.41, 5.74) is 2.33. The second kappa shape index (κ2) is 11.5. The smallest absolute Gasteiger partial charge is 0.384 e. The van der Waals surface area contributed by atoms with Crippen molar-refractivity contribution in [2.45, 2.75) is 33.3 Å². The van der Waals surface area contributed by atoms with Gasteiger partial charge in [-0.15, -0.1) is 0 Å². The summed E-state index contributed by atoms with van der Waals surface area (Å²) in [7, 11) is 0. The Kier molecular flexibility index (Phi) is 8.25. The van der Waals surface area contributed by atoms with E-state index in [4.69, 9.17) is 18.6 Å². The number of rotatable bonds is 8. The van der Waals surface area contributed by atoms with Gasteiger partial charge in [-0.1, -0.05) is 30.3 Å². The molecular weight excluding hydrogens is 422 g/mol. The monoisotopic (exact) mass is 447 g/mol. The van der Waals surface area contributed by atoms with Gasteiger partial charge in [-0.3, -0.25) is 4.79 Å². The molecule has 0 bridgehead atoms. The first-order valence-corrected chi connectivity index (χ1v) is 10.6. The molecule has 0 N–H and O–H groups in total. The van der Waals surface area contributed by atoms with Gasteiger partial charge >= 0.3 is 11.9 Å². The zero-order valence-electron chi connectivity index (χ0n) is 18.8. The molecule has 1 aromatic heterocycles. The number of benzene rings is 2. The second-order valence-electron chi connectivity index (χ2n) is 7.04. The predicted octanol–water partition coefficient (Wildman–Crippen LogP) is 4.44. The van der Waals surface area contributed by atoms with E-state index in [1.807, 2.05) is 37.3 Å². The van der Waals surface area contributed by atoms with Crippen LogP contribution in [0.4, 0.5) is 0 Å². The number of nitrogens with zero attached hydrogens (tertiary/aromatic N) is 1. The molecule has 1 atom stereocenters. The van der Waals surface area contributed by atoms with Crippen molar-refractivity contribution < 1.29 is 28.2 Å². The Bertz CT molecular complexity index is 1160. The highest BCUT2D eigenvalue weighted by molar-refractivity contribution is 5.88. The summed E-state index contributed by atoms with van der Waals surface area (Å²) < 4.78 is 21.7. The Hall–Kier alpha value is -4.05. The van der Waals surface area contributed by atoms with E-state index in [-0.39, 0.29) is 6.61 Å². The number of hydrogen-bond donors (Lipinski definition) is 0. The van der Waals surface area contributed by atoms with E-state index in [0.717, 1.165) is 17.0 Å². The first kappa shape index (κ1) is 23.6. The molecule has 3 aromatic rings. The number of aryl methyl sites for hydroxylation is 1. The molecule has 170 valence electrons. The van der Waals surface area contributed by atoms with Gasteiger partial charge in [0.05, 0.1) is 18.9 Å². The molecule has 1 unspecified atom stereocenters. The van der Waals surface area contributed by atoms with Crippen LogP contribution in [0.2, 0.25) is 0 Å². The molecule has 0 fully saturated rings. The fourth-order valence-electron chi connectivity index (χ4n) is 3.04. The largest absolute Gasteiger partial charge is 0.493 e. The van der Waals surface area contributed by atoms with Crippen molar-refractivity contribution in [1.82, 2.24) is 4.98 Å². The molecule has 0 aliphatic carbocycles. The van der Waals surface area contributed by atoms with Crippen molar-refractivity contribution >= 4 is 11.9 Å². The van der Waals surface area contributed by atoms with Crippen molar-refractivity contribution in [1.29, 1.82) is 0 Å². The van der Waals surface area contributed by atoms with Crippen molar-refractivity contribution in [3.63, 3.8) is 0 Å². The third kappa shape index (κ3) is 6.97. The quantitative estimate of drug-likeness (QED) is 0.286. The van der Waals surface area contributed by atoms with Crippen LogP contribution in [0.15, 0.2) is 59.0 Å².